The minimum Gasteiger partial charge on any atom is -0.366 e. The fourth-order valence-electron chi connectivity index (χ4n) is 2.62. The summed E-state index contributed by atoms with van der Waals surface area (Å²) in [5.41, 5.74) is 1.80. The quantitative estimate of drug-likeness (QED) is 0.772. The monoisotopic (exact) mass is 292 g/mol. The van der Waals surface area contributed by atoms with Crippen molar-refractivity contribution < 1.29 is 4.39 Å². The zero-order chi connectivity index (χ0) is 15.4. The van der Waals surface area contributed by atoms with Gasteiger partial charge in [0.2, 0.25) is 0 Å². The van der Waals surface area contributed by atoms with Crippen molar-refractivity contribution >= 4 is 5.69 Å². The van der Waals surface area contributed by atoms with Crippen molar-refractivity contribution in [3.8, 4) is 0 Å². The third-order valence-electron chi connectivity index (χ3n) is 3.75. The molecule has 0 aromatic heterocycles. The van der Waals surface area contributed by atoms with E-state index in [2.05, 4.69) is 44.0 Å². The molecule has 1 aromatic carbocycles. The van der Waals surface area contributed by atoms with E-state index in [1.54, 1.807) is 6.07 Å². The second-order valence-corrected chi connectivity index (χ2v) is 7.09. The molecule has 2 nitrogen and oxygen atoms in total. The molecule has 0 heterocycles. The topological polar surface area (TPSA) is 15.3 Å². The average Bonchev–Trinajstić information content (AvgIpc) is 3.20. The standard InChI is InChI=1S/C18H29FN2/c1-13(2)10-20-11-15-5-8-18(17(19)9-15)21(12-14(3)4)16-6-7-16/h5,8-9,13-14,16,20H,6-7,10-12H2,1-4H3. The van der Waals surface area contributed by atoms with Crippen LogP contribution in [0.1, 0.15) is 46.1 Å². The van der Waals surface area contributed by atoms with Gasteiger partial charge in [0, 0.05) is 19.1 Å². The molecular weight excluding hydrogens is 263 g/mol. The smallest absolute Gasteiger partial charge is 0.146 e. The summed E-state index contributed by atoms with van der Waals surface area (Å²) < 4.78 is 14.5. The maximum atomic E-state index is 14.5. The highest BCUT2D eigenvalue weighted by molar-refractivity contribution is 5.51. The van der Waals surface area contributed by atoms with E-state index >= 15 is 0 Å². The third kappa shape index (κ3) is 4.99. The highest BCUT2D eigenvalue weighted by Gasteiger charge is 2.30. The van der Waals surface area contributed by atoms with E-state index in [9.17, 15) is 4.39 Å². The normalized spacial score (nSPS) is 15.0. The molecule has 118 valence electrons. The molecule has 0 amide bonds. The number of rotatable bonds is 8. The zero-order valence-electron chi connectivity index (χ0n) is 13.8. The Morgan fingerprint density at radius 2 is 1.90 bits per heavy atom. The van der Waals surface area contributed by atoms with Gasteiger partial charge in [0.15, 0.2) is 0 Å². The lowest BCUT2D eigenvalue weighted by atomic mass is 10.1. The van der Waals surface area contributed by atoms with Crippen LogP contribution >= 0.6 is 0 Å². The van der Waals surface area contributed by atoms with Crippen LogP contribution in [0, 0.1) is 17.7 Å². The van der Waals surface area contributed by atoms with Crippen molar-refractivity contribution in [3.05, 3.63) is 29.6 Å². The number of benzene rings is 1. The summed E-state index contributed by atoms with van der Waals surface area (Å²) in [6.45, 7) is 11.4. The Morgan fingerprint density at radius 3 is 2.43 bits per heavy atom. The van der Waals surface area contributed by atoms with Crippen LogP contribution in [0.3, 0.4) is 0 Å². The summed E-state index contributed by atoms with van der Waals surface area (Å²) in [6, 6.07) is 6.26. The molecule has 2 rings (SSSR count). The minimum absolute atomic E-state index is 0.0774. The maximum absolute atomic E-state index is 14.5. The van der Waals surface area contributed by atoms with Gasteiger partial charge in [-0.2, -0.15) is 0 Å². The molecule has 0 spiro atoms. The number of hydrogen-bond acceptors (Lipinski definition) is 2. The third-order valence-corrected chi connectivity index (χ3v) is 3.75. The first kappa shape index (κ1) is 16.3. The van der Waals surface area contributed by atoms with Crippen LogP contribution in [0.25, 0.3) is 0 Å². The molecule has 1 aliphatic carbocycles. The first-order valence-corrected chi connectivity index (χ1v) is 8.23. The van der Waals surface area contributed by atoms with E-state index in [4.69, 9.17) is 0 Å². The summed E-state index contributed by atoms with van der Waals surface area (Å²) >= 11 is 0. The first-order chi connectivity index (χ1) is 9.97. The number of nitrogens with zero attached hydrogens (tertiary/aromatic N) is 1. The van der Waals surface area contributed by atoms with Gasteiger partial charge >= 0.3 is 0 Å². The molecule has 0 aliphatic heterocycles. The predicted octanol–water partition coefficient (Wildman–Crippen LogP) is 4.20. The van der Waals surface area contributed by atoms with Crippen LogP contribution in [0.4, 0.5) is 10.1 Å². The van der Waals surface area contributed by atoms with Gasteiger partial charge < -0.3 is 10.2 Å². The second kappa shape index (κ2) is 7.26. The van der Waals surface area contributed by atoms with Crippen LogP contribution in [0.5, 0.6) is 0 Å². The Hall–Kier alpha value is -1.09. The predicted molar refractivity (Wildman–Crippen MR) is 88.2 cm³/mol. The van der Waals surface area contributed by atoms with E-state index in [0.29, 0.717) is 17.9 Å². The number of halogens is 1. The van der Waals surface area contributed by atoms with Gasteiger partial charge in [0.25, 0.3) is 0 Å². The lowest BCUT2D eigenvalue weighted by Gasteiger charge is -2.27. The molecule has 0 atom stereocenters. The molecule has 0 unspecified atom stereocenters. The Labute approximate surface area is 128 Å². The summed E-state index contributed by atoms with van der Waals surface area (Å²) in [5, 5.41) is 3.36. The molecule has 1 N–H and O–H groups in total. The molecule has 0 bridgehead atoms. The van der Waals surface area contributed by atoms with Crippen LogP contribution in [-0.4, -0.2) is 19.1 Å². The fourth-order valence-corrected chi connectivity index (χ4v) is 2.62. The van der Waals surface area contributed by atoms with Crippen molar-refractivity contribution in [3.63, 3.8) is 0 Å². The van der Waals surface area contributed by atoms with E-state index in [1.165, 1.54) is 12.8 Å². The number of nitrogens with one attached hydrogen (secondary N) is 1. The van der Waals surface area contributed by atoms with Crippen molar-refractivity contribution in [2.75, 3.05) is 18.0 Å². The molecule has 21 heavy (non-hydrogen) atoms. The Morgan fingerprint density at radius 1 is 1.19 bits per heavy atom. The Kier molecular flexibility index (Phi) is 5.63. The van der Waals surface area contributed by atoms with Gasteiger partial charge in [0.1, 0.15) is 5.82 Å². The van der Waals surface area contributed by atoms with Gasteiger partial charge in [-0.1, -0.05) is 33.8 Å². The molecule has 3 heteroatoms. The van der Waals surface area contributed by atoms with Crippen LogP contribution in [-0.2, 0) is 6.54 Å². The fraction of sp³-hybridized carbons (Fsp3) is 0.667. The summed E-state index contributed by atoms with van der Waals surface area (Å²) in [4.78, 5) is 2.26. The van der Waals surface area contributed by atoms with Crippen molar-refractivity contribution in [2.24, 2.45) is 11.8 Å². The van der Waals surface area contributed by atoms with Gasteiger partial charge in [0.05, 0.1) is 5.69 Å². The molecule has 1 aromatic rings. The summed E-state index contributed by atoms with van der Waals surface area (Å²) in [6.07, 6.45) is 2.40. The van der Waals surface area contributed by atoms with Crippen molar-refractivity contribution in [1.82, 2.24) is 5.32 Å². The minimum atomic E-state index is -0.0774. The second-order valence-electron chi connectivity index (χ2n) is 7.09. The highest BCUT2D eigenvalue weighted by Crippen LogP contribution is 2.34. The first-order valence-electron chi connectivity index (χ1n) is 8.23. The van der Waals surface area contributed by atoms with Crippen LogP contribution in [0.15, 0.2) is 18.2 Å². The average molecular weight is 292 g/mol. The SMILES string of the molecule is CC(C)CNCc1ccc(N(CC(C)C)C2CC2)c(F)c1. The zero-order valence-corrected chi connectivity index (χ0v) is 13.8. The lowest BCUT2D eigenvalue weighted by molar-refractivity contribution is 0.548. The van der Waals surface area contributed by atoms with E-state index in [0.717, 1.165) is 30.9 Å². The molecule has 1 aliphatic rings. The van der Waals surface area contributed by atoms with E-state index in [-0.39, 0.29) is 5.82 Å². The van der Waals surface area contributed by atoms with Gasteiger partial charge in [-0.05, 0) is 48.9 Å². The largest absolute Gasteiger partial charge is 0.366 e. The highest BCUT2D eigenvalue weighted by atomic mass is 19.1. The van der Waals surface area contributed by atoms with Gasteiger partial charge in [-0.25, -0.2) is 4.39 Å². The lowest BCUT2D eigenvalue weighted by Crippen LogP contribution is -2.30. The molecular formula is C18H29FN2. The molecule has 0 saturated heterocycles. The van der Waals surface area contributed by atoms with E-state index in [1.807, 2.05) is 6.07 Å². The summed E-state index contributed by atoms with van der Waals surface area (Å²) in [7, 11) is 0. The molecule has 1 fully saturated rings. The van der Waals surface area contributed by atoms with Crippen LogP contribution < -0.4 is 10.2 Å². The maximum Gasteiger partial charge on any atom is 0.146 e. The van der Waals surface area contributed by atoms with Crippen LogP contribution in [0.2, 0.25) is 0 Å². The summed E-state index contributed by atoms with van der Waals surface area (Å²) in [5.74, 6) is 1.09. The molecule has 1 saturated carbocycles. The van der Waals surface area contributed by atoms with Gasteiger partial charge in [-0.15, -0.1) is 0 Å². The van der Waals surface area contributed by atoms with Crippen molar-refractivity contribution in [1.29, 1.82) is 0 Å². The Bertz CT molecular complexity index is 453. The van der Waals surface area contributed by atoms with Crippen molar-refractivity contribution in [2.45, 2.75) is 53.1 Å². The van der Waals surface area contributed by atoms with E-state index < -0.39 is 0 Å². The Balaban J connectivity index is 2.03. The number of hydrogen-bond donors (Lipinski definition) is 1. The van der Waals surface area contributed by atoms with Gasteiger partial charge in [-0.3, -0.25) is 0 Å². The molecule has 0 radical (unpaired) electrons. The number of anilines is 1.